The van der Waals surface area contributed by atoms with Gasteiger partial charge in [0.1, 0.15) is 0 Å². The highest BCUT2D eigenvalue weighted by atomic mass is 16.5. The molecule has 0 bridgehead atoms. The van der Waals surface area contributed by atoms with E-state index in [0.717, 1.165) is 49.9 Å². The molecule has 0 aliphatic heterocycles. The molecule has 0 unspecified atom stereocenters. The highest BCUT2D eigenvalue weighted by Crippen LogP contribution is 2.27. The van der Waals surface area contributed by atoms with Crippen molar-refractivity contribution in [2.75, 3.05) is 52.8 Å². The molecule has 2 N–H and O–H groups in total. The van der Waals surface area contributed by atoms with Gasteiger partial charge >= 0.3 is 0 Å². The Bertz CT molecular complexity index is 773. The molecule has 0 spiro atoms. The summed E-state index contributed by atoms with van der Waals surface area (Å²) in [7, 11) is 7.41. The van der Waals surface area contributed by atoms with Crippen LogP contribution in [0.15, 0.2) is 47.5 Å². The lowest BCUT2D eigenvalue weighted by Crippen LogP contribution is -2.38. The third-order valence-electron chi connectivity index (χ3n) is 4.62. The van der Waals surface area contributed by atoms with Crippen LogP contribution < -0.4 is 25.0 Å². The van der Waals surface area contributed by atoms with E-state index < -0.39 is 0 Å². The van der Waals surface area contributed by atoms with Gasteiger partial charge in [0, 0.05) is 39.4 Å². The zero-order chi connectivity index (χ0) is 21.1. The van der Waals surface area contributed by atoms with E-state index in [1.807, 2.05) is 12.1 Å². The van der Waals surface area contributed by atoms with E-state index in [-0.39, 0.29) is 0 Å². The molecule has 29 heavy (non-hydrogen) atoms. The second-order valence-corrected chi connectivity index (χ2v) is 6.94. The number of hydrogen-bond acceptors (Lipinski definition) is 4. The van der Waals surface area contributed by atoms with Gasteiger partial charge in [0.25, 0.3) is 0 Å². The van der Waals surface area contributed by atoms with Crippen LogP contribution in [0.4, 0.5) is 5.69 Å². The SMILES string of the molecule is CCNC(=NCCc1ccc(N(C)C)cc1)NCCc1ccc(OC)c(OC)c1. The number of rotatable bonds is 10. The quantitative estimate of drug-likeness (QED) is 0.476. The number of benzene rings is 2. The molecule has 6 nitrogen and oxygen atoms in total. The zero-order valence-corrected chi connectivity index (χ0v) is 18.3. The van der Waals surface area contributed by atoms with Gasteiger partial charge < -0.3 is 25.0 Å². The van der Waals surface area contributed by atoms with E-state index >= 15 is 0 Å². The summed E-state index contributed by atoms with van der Waals surface area (Å²) in [6, 6.07) is 14.6. The van der Waals surface area contributed by atoms with E-state index in [1.54, 1.807) is 14.2 Å². The van der Waals surface area contributed by atoms with Crippen molar-refractivity contribution in [2.24, 2.45) is 4.99 Å². The molecule has 158 valence electrons. The zero-order valence-electron chi connectivity index (χ0n) is 18.3. The highest BCUT2D eigenvalue weighted by Gasteiger charge is 2.05. The summed E-state index contributed by atoms with van der Waals surface area (Å²) >= 11 is 0. The monoisotopic (exact) mass is 398 g/mol. The first kappa shape index (κ1) is 22.4. The lowest BCUT2D eigenvalue weighted by Gasteiger charge is -2.13. The minimum absolute atomic E-state index is 0.743. The molecular weight excluding hydrogens is 364 g/mol. The largest absolute Gasteiger partial charge is 0.493 e. The molecule has 0 aromatic heterocycles. The van der Waals surface area contributed by atoms with Crippen LogP contribution >= 0.6 is 0 Å². The van der Waals surface area contributed by atoms with E-state index in [2.05, 4.69) is 66.9 Å². The Morgan fingerprint density at radius 1 is 0.897 bits per heavy atom. The van der Waals surface area contributed by atoms with Crippen molar-refractivity contribution >= 4 is 11.6 Å². The molecule has 0 atom stereocenters. The van der Waals surface area contributed by atoms with Crippen molar-refractivity contribution < 1.29 is 9.47 Å². The molecule has 0 aliphatic carbocycles. The third kappa shape index (κ3) is 7.22. The molecule has 0 aliphatic rings. The normalized spacial score (nSPS) is 11.1. The predicted molar refractivity (Wildman–Crippen MR) is 122 cm³/mol. The van der Waals surface area contributed by atoms with E-state index in [0.29, 0.717) is 0 Å². The summed E-state index contributed by atoms with van der Waals surface area (Å²) in [6.07, 6.45) is 1.79. The van der Waals surface area contributed by atoms with E-state index in [1.165, 1.54) is 16.8 Å². The standard InChI is InChI=1S/C23H34N4O2/c1-6-24-23(25-15-13-18-7-10-20(11-8-18)27(2)3)26-16-14-19-9-12-21(28-4)22(17-19)29-5/h7-12,17H,6,13-16H2,1-5H3,(H2,24,25,26). The fourth-order valence-electron chi connectivity index (χ4n) is 2.96. The molecule has 0 fully saturated rings. The maximum absolute atomic E-state index is 5.37. The minimum Gasteiger partial charge on any atom is -0.493 e. The Hall–Kier alpha value is -2.89. The molecule has 0 saturated carbocycles. The topological polar surface area (TPSA) is 58.1 Å². The number of aliphatic imine (C=N–C) groups is 1. The van der Waals surface area contributed by atoms with Crippen LogP contribution in [0.25, 0.3) is 0 Å². The molecule has 0 heterocycles. The van der Waals surface area contributed by atoms with Crippen molar-refractivity contribution in [1.82, 2.24) is 10.6 Å². The number of guanidine groups is 1. The lowest BCUT2D eigenvalue weighted by molar-refractivity contribution is 0.354. The Balaban J connectivity index is 1.85. The Labute approximate surface area is 174 Å². The van der Waals surface area contributed by atoms with Crippen LogP contribution in [0, 0.1) is 0 Å². The highest BCUT2D eigenvalue weighted by molar-refractivity contribution is 5.79. The van der Waals surface area contributed by atoms with Crippen LogP contribution in [0.3, 0.4) is 0 Å². The van der Waals surface area contributed by atoms with Gasteiger partial charge in [0.15, 0.2) is 17.5 Å². The van der Waals surface area contributed by atoms with Crippen molar-refractivity contribution in [3.8, 4) is 11.5 Å². The van der Waals surface area contributed by atoms with Gasteiger partial charge in [-0.1, -0.05) is 18.2 Å². The van der Waals surface area contributed by atoms with E-state index in [9.17, 15) is 0 Å². The number of hydrogen-bond donors (Lipinski definition) is 2. The molecule has 2 aromatic rings. The van der Waals surface area contributed by atoms with E-state index in [4.69, 9.17) is 14.5 Å². The van der Waals surface area contributed by atoms with Crippen molar-refractivity contribution in [1.29, 1.82) is 0 Å². The lowest BCUT2D eigenvalue weighted by atomic mass is 10.1. The van der Waals surface area contributed by atoms with Gasteiger partial charge in [-0.25, -0.2) is 0 Å². The van der Waals surface area contributed by atoms with Crippen molar-refractivity contribution in [3.63, 3.8) is 0 Å². The first-order chi connectivity index (χ1) is 14.1. The maximum Gasteiger partial charge on any atom is 0.191 e. The average molecular weight is 399 g/mol. The van der Waals surface area contributed by atoms with Crippen LogP contribution in [-0.4, -0.2) is 53.9 Å². The predicted octanol–water partition coefficient (Wildman–Crippen LogP) is 3.11. The summed E-state index contributed by atoms with van der Waals surface area (Å²) in [5.41, 5.74) is 3.69. The summed E-state index contributed by atoms with van der Waals surface area (Å²) in [6.45, 7) is 4.44. The first-order valence-corrected chi connectivity index (χ1v) is 10.1. The van der Waals surface area contributed by atoms with Gasteiger partial charge in [0.05, 0.1) is 14.2 Å². The smallest absolute Gasteiger partial charge is 0.191 e. The van der Waals surface area contributed by atoms with Crippen LogP contribution in [0.1, 0.15) is 18.1 Å². The van der Waals surface area contributed by atoms with Gasteiger partial charge in [-0.3, -0.25) is 4.99 Å². The molecule has 2 rings (SSSR count). The number of methoxy groups -OCH3 is 2. The van der Waals surface area contributed by atoms with Crippen LogP contribution in [0.5, 0.6) is 11.5 Å². The molecule has 0 saturated heterocycles. The summed E-state index contributed by atoms with van der Waals surface area (Å²) in [4.78, 5) is 6.80. The number of anilines is 1. The van der Waals surface area contributed by atoms with Gasteiger partial charge in [-0.05, 0) is 55.2 Å². The second kappa shape index (κ2) is 11.8. The number of ether oxygens (including phenoxy) is 2. The van der Waals surface area contributed by atoms with Crippen molar-refractivity contribution in [3.05, 3.63) is 53.6 Å². The second-order valence-electron chi connectivity index (χ2n) is 6.94. The average Bonchev–Trinajstić information content (AvgIpc) is 2.74. The molecular formula is C23H34N4O2. The fourth-order valence-corrected chi connectivity index (χ4v) is 2.96. The Morgan fingerprint density at radius 3 is 2.21 bits per heavy atom. The number of nitrogens with one attached hydrogen (secondary N) is 2. The van der Waals surface area contributed by atoms with Gasteiger partial charge in [-0.15, -0.1) is 0 Å². The van der Waals surface area contributed by atoms with Crippen LogP contribution in [0.2, 0.25) is 0 Å². The van der Waals surface area contributed by atoms with Gasteiger partial charge in [0.2, 0.25) is 0 Å². The Morgan fingerprint density at radius 2 is 1.59 bits per heavy atom. The molecule has 2 aromatic carbocycles. The summed E-state index contributed by atoms with van der Waals surface area (Å²) in [5.74, 6) is 2.35. The third-order valence-corrected chi connectivity index (χ3v) is 4.62. The van der Waals surface area contributed by atoms with Crippen molar-refractivity contribution in [2.45, 2.75) is 19.8 Å². The van der Waals surface area contributed by atoms with Crippen LogP contribution in [-0.2, 0) is 12.8 Å². The molecule has 6 heteroatoms. The summed E-state index contributed by atoms with van der Waals surface area (Å²) in [5, 5.41) is 6.71. The molecule has 0 amide bonds. The van der Waals surface area contributed by atoms with Gasteiger partial charge in [-0.2, -0.15) is 0 Å². The number of nitrogens with zero attached hydrogens (tertiary/aromatic N) is 2. The minimum atomic E-state index is 0.743. The summed E-state index contributed by atoms with van der Waals surface area (Å²) < 4.78 is 10.7. The maximum atomic E-state index is 5.37. The first-order valence-electron chi connectivity index (χ1n) is 10.1. The Kier molecular flexibility index (Phi) is 9.15. The fraction of sp³-hybridized carbons (Fsp3) is 0.435. The molecule has 0 radical (unpaired) electrons.